The van der Waals surface area contributed by atoms with E-state index in [0.29, 0.717) is 0 Å². The van der Waals surface area contributed by atoms with E-state index in [4.69, 9.17) is 4.74 Å². The van der Waals surface area contributed by atoms with Gasteiger partial charge in [0.15, 0.2) is 0 Å². The number of methoxy groups -OCH3 is 1. The minimum Gasteiger partial charge on any atom is -0.497 e. The van der Waals surface area contributed by atoms with Gasteiger partial charge in [0.05, 0.1) is 7.11 Å². The van der Waals surface area contributed by atoms with Crippen molar-refractivity contribution in [3.05, 3.63) is 29.5 Å². The molecule has 90 valence electrons. The monoisotopic (exact) mass is 230 g/mol. The smallest absolute Gasteiger partial charge is 0.119 e. The quantitative estimate of drug-likeness (QED) is 0.847. The molecule has 1 aliphatic carbocycles. The van der Waals surface area contributed by atoms with Crippen molar-refractivity contribution in [2.24, 2.45) is 0 Å². The topological polar surface area (TPSA) is 37.0 Å². The molecule has 0 atom stereocenters. The predicted molar refractivity (Wildman–Crippen MR) is 69.4 cm³/mol. The number of hydrogen-bond donors (Lipinski definition) is 2. The van der Waals surface area contributed by atoms with Gasteiger partial charge in [-0.05, 0) is 43.5 Å². The molecule has 3 nitrogen and oxygen atoms in total. The number of fused-ring (bicyclic) bond motifs is 1. The van der Waals surface area contributed by atoms with Crippen molar-refractivity contribution < 1.29 is 4.74 Å². The molecule has 0 amide bonds. The van der Waals surface area contributed by atoms with Crippen LogP contribution in [0.2, 0.25) is 0 Å². The molecule has 1 aromatic heterocycles. The SMILES string of the molecule is COc1ccc2[nH]c(C)c(CNC3CC3)c2c1. The van der Waals surface area contributed by atoms with E-state index >= 15 is 0 Å². The molecule has 0 aliphatic heterocycles. The molecule has 0 saturated heterocycles. The molecule has 1 saturated carbocycles. The molecule has 2 aromatic rings. The van der Waals surface area contributed by atoms with Crippen molar-refractivity contribution in [2.45, 2.75) is 32.4 Å². The number of rotatable bonds is 4. The molecule has 1 fully saturated rings. The molecule has 1 aromatic carbocycles. The van der Waals surface area contributed by atoms with Crippen LogP contribution in [0.3, 0.4) is 0 Å². The van der Waals surface area contributed by atoms with Gasteiger partial charge in [0, 0.05) is 29.2 Å². The molecule has 17 heavy (non-hydrogen) atoms. The molecule has 2 N–H and O–H groups in total. The minimum atomic E-state index is 0.741. The first kappa shape index (κ1) is 10.7. The Morgan fingerprint density at radius 2 is 2.24 bits per heavy atom. The van der Waals surface area contributed by atoms with Gasteiger partial charge in [-0.3, -0.25) is 0 Å². The number of benzene rings is 1. The second-order valence-corrected chi connectivity index (χ2v) is 4.80. The standard InChI is InChI=1S/C14H18N2O/c1-9-13(8-15-10-3-4-10)12-7-11(17-2)5-6-14(12)16-9/h5-7,10,15-16H,3-4,8H2,1-2H3. The van der Waals surface area contributed by atoms with Crippen LogP contribution in [0.1, 0.15) is 24.1 Å². The van der Waals surface area contributed by atoms with Gasteiger partial charge in [-0.2, -0.15) is 0 Å². The summed E-state index contributed by atoms with van der Waals surface area (Å²) >= 11 is 0. The predicted octanol–water partition coefficient (Wildman–Crippen LogP) is 2.74. The number of aryl methyl sites for hydroxylation is 1. The number of H-pyrrole nitrogens is 1. The van der Waals surface area contributed by atoms with Crippen molar-refractivity contribution in [3.63, 3.8) is 0 Å². The summed E-state index contributed by atoms with van der Waals surface area (Å²) in [5.41, 5.74) is 3.81. The van der Waals surface area contributed by atoms with Gasteiger partial charge in [-0.15, -0.1) is 0 Å². The van der Waals surface area contributed by atoms with E-state index in [9.17, 15) is 0 Å². The van der Waals surface area contributed by atoms with Gasteiger partial charge >= 0.3 is 0 Å². The summed E-state index contributed by atoms with van der Waals surface area (Å²) in [5, 5.41) is 4.84. The first-order chi connectivity index (χ1) is 8.28. The lowest BCUT2D eigenvalue weighted by Crippen LogP contribution is -2.15. The Balaban J connectivity index is 1.97. The van der Waals surface area contributed by atoms with Crippen LogP contribution in [0.25, 0.3) is 10.9 Å². The maximum atomic E-state index is 5.29. The van der Waals surface area contributed by atoms with Crippen LogP contribution in [-0.4, -0.2) is 18.1 Å². The highest BCUT2D eigenvalue weighted by atomic mass is 16.5. The van der Waals surface area contributed by atoms with Gasteiger partial charge in [-0.1, -0.05) is 0 Å². The Kier molecular flexibility index (Phi) is 2.56. The van der Waals surface area contributed by atoms with Crippen molar-refractivity contribution in [1.29, 1.82) is 0 Å². The molecular formula is C14H18N2O. The molecule has 3 heteroatoms. The van der Waals surface area contributed by atoms with Crippen molar-refractivity contribution in [2.75, 3.05) is 7.11 Å². The lowest BCUT2D eigenvalue weighted by atomic mass is 10.1. The lowest BCUT2D eigenvalue weighted by molar-refractivity contribution is 0.415. The van der Waals surface area contributed by atoms with Crippen LogP contribution >= 0.6 is 0 Å². The third kappa shape index (κ3) is 2.03. The van der Waals surface area contributed by atoms with Crippen LogP contribution in [0, 0.1) is 6.92 Å². The third-order valence-corrected chi connectivity index (χ3v) is 3.47. The second-order valence-electron chi connectivity index (χ2n) is 4.80. The molecule has 0 unspecified atom stereocenters. The molecular weight excluding hydrogens is 212 g/mol. The van der Waals surface area contributed by atoms with Gasteiger partial charge in [0.2, 0.25) is 0 Å². The fourth-order valence-corrected chi connectivity index (χ4v) is 2.25. The Morgan fingerprint density at radius 1 is 1.41 bits per heavy atom. The maximum Gasteiger partial charge on any atom is 0.119 e. The van der Waals surface area contributed by atoms with E-state index in [-0.39, 0.29) is 0 Å². The number of hydrogen-bond acceptors (Lipinski definition) is 2. The summed E-state index contributed by atoms with van der Waals surface area (Å²) in [6.07, 6.45) is 2.65. The van der Waals surface area contributed by atoms with E-state index in [2.05, 4.69) is 29.4 Å². The summed E-state index contributed by atoms with van der Waals surface area (Å²) in [7, 11) is 1.71. The zero-order valence-electron chi connectivity index (χ0n) is 10.3. The highest BCUT2D eigenvalue weighted by molar-refractivity contribution is 5.86. The van der Waals surface area contributed by atoms with Gasteiger partial charge in [-0.25, -0.2) is 0 Å². The minimum absolute atomic E-state index is 0.741. The van der Waals surface area contributed by atoms with Crippen molar-refractivity contribution >= 4 is 10.9 Å². The largest absolute Gasteiger partial charge is 0.497 e. The maximum absolute atomic E-state index is 5.29. The molecule has 0 bridgehead atoms. The zero-order chi connectivity index (χ0) is 11.8. The Bertz CT molecular complexity index is 540. The van der Waals surface area contributed by atoms with E-state index in [1.807, 2.05) is 6.07 Å². The third-order valence-electron chi connectivity index (χ3n) is 3.47. The number of nitrogens with one attached hydrogen (secondary N) is 2. The molecule has 0 radical (unpaired) electrons. The summed E-state index contributed by atoms with van der Waals surface area (Å²) < 4.78 is 5.29. The Hall–Kier alpha value is -1.48. The Morgan fingerprint density at radius 3 is 2.94 bits per heavy atom. The average Bonchev–Trinajstić information content (AvgIpc) is 3.10. The summed E-state index contributed by atoms with van der Waals surface area (Å²) in [4.78, 5) is 3.43. The first-order valence-corrected chi connectivity index (χ1v) is 6.16. The molecule has 1 heterocycles. The van der Waals surface area contributed by atoms with Gasteiger partial charge in [0.1, 0.15) is 5.75 Å². The number of ether oxygens (including phenoxy) is 1. The van der Waals surface area contributed by atoms with Crippen LogP contribution in [0.4, 0.5) is 0 Å². The average molecular weight is 230 g/mol. The summed E-state index contributed by atoms with van der Waals surface area (Å²) in [6.45, 7) is 3.08. The Labute approximate surface area is 101 Å². The summed E-state index contributed by atoms with van der Waals surface area (Å²) in [5.74, 6) is 0.921. The van der Waals surface area contributed by atoms with E-state index in [1.165, 1.54) is 35.0 Å². The van der Waals surface area contributed by atoms with E-state index in [0.717, 1.165) is 18.3 Å². The van der Waals surface area contributed by atoms with E-state index in [1.54, 1.807) is 7.11 Å². The van der Waals surface area contributed by atoms with Gasteiger partial charge in [0.25, 0.3) is 0 Å². The first-order valence-electron chi connectivity index (χ1n) is 6.16. The normalized spacial score (nSPS) is 15.4. The second kappa shape index (κ2) is 4.08. The molecule has 1 aliphatic rings. The molecule has 0 spiro atoms. The van der Waals surface area contributed by atoms with Crippen LogP contribution in [0.5, 0.6) is 5.75 Å². The van der Waals surface area contributed by atoms with Crippen LogP contribution in [-0.2, 0) is 6.54 Å². The fourth-order valence-electron chi connectivity index (χ4n) is 2.25. The zero-order valence-corrected chi connectivity index (χ0v) is 10.3. The number of aromatic nitrogens is 1. The van der Waals surface area contributed by atoms with Gasteiger partial charge < -0.3 is 15.0 Å². The van der Waals surface area contributed by atoms with Crippen LogP contribution < -0.4 is 10.1 Å². The highest BCUT2D eigenvalue weighted by Crippen LogP contribution is 2.27. The fraction of sp³-hybridized carbons (Fsp3) is 0.429. The van der Waals surface area contributed by atoms with Crippen molar-refractivity contribution in [3.8, 4) is 5.75 Å². The molecule has 3 rings (SSSR count). The van der Waals surface area contributed by atoms with E-state index < -0.39 is 0 Å². The summed E-state index contributed by atoms with van der Waals surface area (Å²) in [6, 6.07) is 6.94. The van der Waals surface area contributed by atoms with Crippen molar-refractivity contribution in [1.82, 2.24) is 10.3 Å². The highest BCUT2D eigenvalue weighted by Gasteiger charge is 2.21. The van der Waals surface area contributed by atoms with Crippen LogP contribution in [0.15, 0.2) is 18.2 Å². The number of aromatic amines is 1. The lowest BCUT2D eigenvalue weighted by Gasteiger charge is -2.04.